The first-order valence-electron chi connectivity index (χ1n) is 10.3. The number of carbonyl (C=O) groups excluding carboxylic acids is 1. The third kappa shape index (κ3) is 7.36. The largest absolute Gasteiger partial charge is 0.425 e. The highest BCUT2D eigenvalue weighted by atomic mass is 28.4. The Hall–Kier alpha value is -1.99. The van der Waals surface area contributed by atoms with Gasteiger partial charge in [0.15, 0.2) is 14.4 Å². The summed E-state index contributed by atoms with van der Waals surface area (Å²) >= 11 is 0. The van der Waals surface area contributed by atoms with Crippen LogP contribution in [0.3, 0.4) is 0 Å². The van der Waals surface area contributed by atoms with Crippen molar-refractivity contribution in [3.63, 3.8) is 0 Å². The first-order chi connectivity index (χ1) is 14.1. The molecule has 1 N–H and O–H groups in total. The number of benzene rings is 2. The highest BCUT2D eigenvalue weighted by Crippen LogP contribution is 2.36. The number of esters is 1. The van der Waals surface area contributed by atoms with Gasteiger partial charge in [-0.2, -0.15) is 0 Å². The standard InChI is InChI=1S/C24H34O5Si/c1-24(2,3)30(4,5)28-17-16-21(25)22(27-18-19-12-8-6-9-13-19)23(26)29-20-14-10-7-11-15-20/h6-15,21-22,25H,16-18H2,1-5H3. The van der Waals surface area contributed by atoms with Crippen molar-refractivity contribution in [3.05, 3.63) is 66.2 Å². The van der Waals surface area contributed by atoms with Crippen LogP contribution in [0.5, 0.6) is 5.75 Å². The molecule has 2 rings (SSSR count). The molecule has 30 heavy (non-hydrogen) atoms. The Morgan fingerprint density at radius 1 is 1.00 bits per heavy atom. The first kappa shape index (κ1) is 24.3. The summed E-state index contributed by atoms with van der Waals surface area (Å²) in [5.74, 6) is -0.197. The molecule has 2 aromatic carbocycles. The van der Waals surface area contributed by atoms with Gasteiger partial charge >= 0.3 is 5.97 Å². The van der Waals surface area contributed by atoms with E-state index in [0.717, 1.165) is 5.56 Å². The van der Waals surface area contributed by atoms with Gasteiger partial charge < -0.3 is 19.0 Å². The first-order valence-corrected chi connectivity index (χ1v) is 13.3. The number of para-hydroxylation sites is 1. The second-order valence-electron chi connectivity index (χ2n) is 8.92. The lowest BCUT2D eigenvalue weighted by Gasteiger charge is -2.36. The van der Waals surface area contributed by atoms with Gasteiger partial charge in [0.1, 0.15) is 5.75 Å². The third-order valence-corrected chi connectivity index (χ3v) is 10.0. The Labute approximate surface area is 181 Å². The summed E-state index contributed by atoms with van der Waals surface area (Å²) in [7, 11) is -1.93. The van der Waals surface area contributed by atoms with Crippen molar-refractivity contribution in [2.24, 2.45) is 0 Å². The van der Waals surface area contributed by atoms with Gasteiger partial charge in [0.2, 0.25) is 0 Å². The highest BCUT2D eigenvalue weighted by Gasteiger charge is 2.37. The quantitative estimate of drug-likeness (QED) is 0.328. The van der Waals surface area contributed by atoms with Crippen LogP contribution >= 0.6 is 0 Å². The fraction of sp³-hybridized carbons (Fsp3) is 0.458. The molecule has 0 aliphatic carbocycles. The number of aliphatic hydroxyl groups is 1. The van der Waals surface area contributed by atoms with Crippen LogP contribution in [0.4, 0.5) is 0 Å². The Kier molecular flexibility index (Phi) is 8.79. The molecule has 2 atom stereocenters. The van der Waals surface area contributed by atoms with Crippen LogP contribution in [0, 0.1) is 0 Å². The van der Waals surface area contributed by atoms with Gasteiger partial charge in [-0.15, -0.1) is 0 Å². The maximum Gasteiger partial charge on any atom is 0.343 e. The summed E-state index contributed by atoms with van der Waals surface area (Å²) in [6.07, 6.45) is -1.85. The smallest absolute Gasteiger partial charge is 0.343 e. The van der Waals surface area contributed by atoms with Gasteiger partial charge in [0, 0.05) is 6.61 Å². The SMILES string of the molecule is CC(C)(C)[Si](C)(C)OCCC(O)C(OCc1ccccc1)C(=O)Oc1ccccc1. The molecule has 6 heteroatoms. The second-order valence-corrected chi connectivity index (χ2v) is 13.7. The lowest BCUT2D eigenvalue weighted by atomic mass is 10.1. The number of ether oxygens (including phenoxy) is 2. The van der Waals surface area contributed by atoms with E-state index < -0.39 is 26.5 Å². The molecule has 0 bridgehead atoms. The number of hydrogen-bond donors (Lipinski definition) is 1. The van der Waals surface area contributed by atoms with Crippen molar-refractivity contribution in [1.82, 2.24) is 0 Å². The van der Waals surface area contributed by atoms with E-state index in [1.807, 2.05) is 36.4 Å². The molecule has 0 radical (unpaired) electrons. The van der Waals surface area contributed by atoms with E-state index in [0.29, 0.717) is 12.4 Å². The summed E-state index contributed by atoms with van der Waals surface area (Å²) in [5, 5.41) is 10.8. The summed E-state index contributed by atoms with van der Waals surface area (Å²) in [6, 6.07) is 18.3. The molecular weight excluding hydrogens is 396 g/mol. The molecular formula is C24H34O5Si. The normalized spacial score (nSPS) is 14.2. The van der Waals surface area contributed by atoms with E-state index in [2.05, 4.69) is 33.9 Å². The van der Waals surface area contributed by atoms with Crippen LogP contribution in [0.2, 0.25) is 18.1 Å². The average Bonchev–Trinajstić information content (AvgIpc) is 2.68. The van der Waals surface area contributed by atoms with E-state index >= 15 is 0 Å². The molecule has 0 saturated heterocycles. The molecule has 0 aromatic heterocycles. The molecule has 0 amide bonds. The number of hydrogen-bond acceptors (Lipinski definition) is 5. The molecule has 5 nitrogen and oxygen atoms in total. The Bertz CT molecular complexity index is 771. The van der Waals surface area contributed by atoms with E-state index in [1.165, 1.54) is 0 Å². The van der Waals surface area contributed by atoms with Crippen LogP contribution in [0.15, 0.2) is 60.7 Å². The van der Waals surface area contributed by atoms with Crippen LogP contribution in [0.1, 0.15) is 32.8 Å². The summed E-state index contributed by atoms with van der Waals surface area (Å²) in [6.45, 7) is 11.4. The minimum Gasteiger partial charge on any atom is -0.425 e. The molecule has 0 aliphatic rings. The minimum atomic E-state index is -1.93. The zero-order chi connectivity index (χ0) is 22.2. The summed E-state index contributed by atoms with van der Waals surface area (Å²) < 4.78 is 17.4. The molecule has 2 unspecified atom stereocenters. The van der Waals surface area contributed by atoms with Crippen LogP contribution in [0.25, 0.3) is 0 Å². The number of rotatable bonds is 10. The van der Waals surface area contributed by atoms with E-state index in [4.69, 9.17) is 13.9 Å². The van der Waals surface area contributed by atoms with Gasteiger partial charge in [-0.25, -0.2) is 4.79 Å². The van der Waals surface area contributed by atoms with Gasteiger partial charge in [0.05, 0.1) is 12.7 Å². The van der Waals surface area contributed by atoms with E-state index in [1.54, 1.807) is 24.3 Å². The topological polar surface area (TPSA) is 65.0 Å². The van der Waals surface area contributed by atoms with Crippen LogP contribution in [-0.4, -0.2) is 38.2 Å². The van der Waals surface area contributed by atoms with Crippen LogP contribution in [-0.2, 0) is 20.6 Å². The van der Waals surface area contributed by atoms with Crippen LogP contribution < -0.4 is 4.74 Å². The third-order valence-electron chi connectivity index (χ3n) is 5.50. The van der Waals surface area contributed by atoms with Gasteiger partial charge in [-0.3, -0.25) is 0 Å². The number of carbonyl (C=O) groups is 1. The van der Waals surface area contributed by atoms with E-state index in [-0.39, 0.29) is 18.1 Å². The second kappa shape index (κ2) is 10.9. The highest BCUT2D eigenvalue weighted by molar-refractivity contribution is 6.74. The molecule has 0 aliphatic heterocycles. The Balaban J connectivity index is 2.02. The monoisotopic (exact) mass is 430 g/mol. The lowest BCUT2D eigenvalue weighted by molar-refractivity contribution is -0.157. The summed E-state index contributed by atoms with van der Waals surface area (Å²) in [5.41, 5.74) is 0.916. The Morgan fingerprint density at radius 2 is 1.57 bits per heavy atom. The molecule has 164 valence electrons. The molecule has 2 aromatic rings. The zero-order valence-electron chi connectivity index (χ0n) is 18.6. The fourth-order valence-electron chi connectivity index (χ4n) is 2.56. The number of aliphatic hydroxyl groups excluding tert-OH is 1. The average molecular weight is 431 g/mol. The van der Waals surface area contributed by atoms with Crippen molar-refractivity contribution in [2.45, 2.75) is 64.1 Å². The predicted molar refractivity (Wildman–Crippen MR) is 121 cm³/mol. The van der Waals surface area contributed by atoms with Crippen molar-refractivity contribution in [3.8, 4) is 5.75 Å². The van der Waals surface area contributed by atoms with Crippen molar-refractivity contribution < 1.29 is 23.8 Å². The minimum absolute atomic E-state index is 0.0768. The van der Waals surface area contributed by atoms with Crippen molar-refractivity contribution >= 4 is 14.3 Å². The fourth-order valence-corrected chi connectivity index (χ4v) is 3.62. The van der Waals surface area contributed by atoms with Gasteiger partial charge in [0.25, 0.3) is 0 Å². The summed E-state index contributed by atoms with van der Waals surface area (Å²) in [4.78, 5) is 12.8. The van der Waals surface area contributed by atoms with Crippen molar-refractivity contribution in [2.75, 3.05) is 6.61 Å². The Morgan fingerprint density at radius 3 is 2.13 bits per heavy atom. The van der Waals surface area contributed by atoms with E-state index in [9.17, 15) is 9.90 Å². The molecule has 0 spiro atoms. The zero-order valence-corrected chi connectivity index (χ0v) is 19.6. The molecule has 0 heterocycles. The van der Waals surface area contributed by atoms with Gasteiger partial charge in [-0.1, -0.05) is 69.3 Å². The maximum absolute atomic E-state index is 12.8. The molecule has 0 fully saturated rings. The maximum atomic E-state index is 12.8. The predicted octanol–water partition coefficient (Wildman–Crippen LogP) is 4.95. The molecule has 0 saturated carbocycles. The van der Waals surface area contributed by atoms with Gasteiger partial charge in [-0.05, 0) is 42.2 Å². The van der Waals surface area contributed by atoms with Crippen molar-refractivity contribution in [1.29, 1.82) is 0 Å². The lowest BCUT2D eigenvalue weighted by Crippen LogP contribution is -2.43.